The van der Waals surface area contributed by atoms with Gasteiger partial charge in [-0.05, 0) is 18.9 Å². The minimum absolute atomic E-state index is 0.399. The Bertz CT molecular complexity index is 650. The minimum atomic E-state index is -0.873. The van der Waals surface area contributed by atoms with Crippen molar-refractivity contribution in [3.63, 3.8) is 0 Å². The number of aromatic nitrogens is 4. The van der Waals surface area contributed by atoms with E-state index >= 15 is 0 Å². The van der Waals surface area contributed by atoms with E-state index < -0.39 is 5.60 Å². The molecule has 1 aliphatic heterocycles. The SMILES string of the molecule is N#Cc1cnccc1N1CCCC(O)(Cn2ccnn2)C1. The van der Waals surface area contributed by atoms with Crippen molar-refractivity contribution in [3.8, 4) is 6.07 Å². The molecule has 1 aliphatic rings. The van der Waals surface area contributed by atoms with E-state index in [9.17, 15) is 10.4 Å². The van der Waals surface area contributed by atoms with Crippen LogP contribution in [-0.4, -0.2) is 43.8 Å². The zero-order chi connectivity index (χ0) is 14.7. The average Bonchev–Trinajstić information content (AvgIpc) is 2.99. The van der Waals surface area contributed by atoms with Crippen molar-refractivity contribution >= 4 is 5.69 Å². The Balaban J connectivity index is 1.81. The maximum atomic E-state index is 10.8. The van der Waals surface area contributed by atoms with E-state index in [1.165, 1.54) is 0 Å². The fourth-order valence-corrected chi connectivity index (χ4v) is 2.81. The van der Waals surface area contributed by atoms with Crippen LogP contribution in [0.25, 0.3) is 0 Å². The normalized spacial score (nSPS) is 22.0. The molecule has 0 radical (unpaired) electrons. The molecule has 3 rings (SSSR count). The second kappa shape index (κ2) is 5.50. The van der Waals surface area contributed by atoms with Gasteiger partial charge in [-0.2, -0.15) is 5.26 Å². The molecule has 1 atom stereocenters. The summed E-state index contributed by atoms with van der Waals surface area (Å²) in [4.78, 5) is 6.02. The Morgan fingerprint density at radius 1 is 1.43 bits per heavy atom. The molecule has 0 saturated carbocycles. The summed E-state index contributed by atoms with van der Waals surface area (Å²) in [5, 5.41) is 27.7. The van der Waals surface area contributed by atoms with E-state index in [4.69, 9.17) is 0 Å². The van der Waals surface area contributed by atoms with Gasteiger partial charge in [0.25, 0.3) is 0 Å². The Labute approximate surface area is 122 Å². The van der Waals surface area contributed by atoms with Crippen molar-refractivity contribution in [2.24, 2.45) is 0 Å². The Morgan fingerprint density at radius 2 is 2.33 bits per heavy atom. The lowest BCUT2D eigenvalue weighted by molar-refractivity contribution is 0.00603. The molecule has 0 bridgehead atoms. The van der Waals surface area contributed by atoms with Crippen LogP contribution in [0.4, 0.5) is 5.69 Å². The summed E-state index contributed by atoms with van der Waals surface area (Å²) in [5.41, 5.74) is 0.480. The van der Waals surface area contributed by atoms with Gasteiger partial charge in [0.05, 0.1) is 24.0 Å². The van der Waals surface area contributed by atoms with Gasteiger partial charge in [0.1, 0.15) is 11.7 Å². The van der Waals surface area contributed by atoms with E-state index in [1.807, 2.05) is 11.0 Å². The van der Waals surface area contributed by atoms with Crippen LogP contribution in [0.1, 0.15) is 18.4 Å². The number of anilines is 1. The zero-order valence-electron chi connectivity index (χ0n) is 11.6. The number of β-amino-alcohol motifs (C(OH)–C–C–N with tert-alkyl or cyclic N) is 1. The van der Waals surface area contributed by atoms with Gasteiger partial charge in [0.15, 0.2) is 0 Å². The number of nitrogens with zero attached hydrogens (tertiary/aromatic N) is 6. The third kappa shape index (κ3) is 2.85. The van der Waals surface area contributed by atoms with Crippen molar-refractivity contribution in [2.75, 3.05) is 18.0 Å². The average molecular weight is 284 g/mol. The van der Waals surface area contributed by atoms with Crippen molar-refractivity contribution < 1.29 is 5.11 Å². The Morgan fingerprint density at radius 3 is 3.10 bits per heavy atom. The predicted octanol–water partition coefficient (Wildman–Crippen LogP) is 0.576. The lowest BCUT2D eigenvalue weighted by atomic mass is 9.92. The van der Waals surface area contributed by atoms with Gasteiger partial charge in [-0.25, -0.2) is 4.68 Å². The number of aliphatic hydroxyl groups is 1. The van der Waals surface area contributed by atoms with Crippen LogP contribution < -0.4 is 4.90 Å². The van der Waals surface area contributed by atoms with Gasteiger partial charge in [0, 0.05) is 31.7 Å². The smallest absolute Gasteiger partial charge is 0.103 e. The highest BCUT2D eigenvalue weighted by molar-refractivity contribution is 5.58. The van der Waals surface area contributed by atoms with Gasteiger partial charge >= 0.3 is 0 Å². The number of piperidine rings is 1. The number of nitriles is 1. The minimum Gasteiger partial charge on any atom is -0.386 e. The standard InChI is InChI=1S/C14H16N6O/c15-8-12-9-16-4-2-13(12)19-6-1-3-14(21,10-19)11-20-7-5-17-18-20/h2,4-5,7,9,21H,1,3,6,10-11H2. The molecule has 108 valence electrons. The van der Waals surface area contributed by atoms with E-state index in [-0.39, 0.29) is 0 Å². The molecular formula is C14H16N6O. The van der Waals surface area contributed by atoms with Crippen LogP contribution in [0.3, 0.4) is 0 Å². The lowest BCUT2D eigenvalue weighted by Gasteiger charge is -2.40. The highest BCUT2D eigenvalue weighted by Gasteiger charge is 2.34. The van der Waals surface area contributed by atoms with E-state index in [0.29, 0.717) is 25.1 Å². The molecular weight excluding hydrogens is 268 g/mol. The van der Waals surface area contributed by atoms with Gasteiger partial charge in [-0.15, -0.1) is 5.10 Å². The molecule has 1 N–H and O–H groups in total. The second-order valence-corrected chi connectivity index (χ2v) is 5.35. The number of hydrogen-bond acceptors (Lipinski definition) is 6. The topological polar surface area (TPSA) is 90.9 Å². The molecule has 0 amide bonds. The van der Waals surface area contributed by atoms with E-state index in [2.05, 4.69) is 21.4 Å². The Hall–Kier alpha value is -2.46. The summed E-state index contributed by atoms with van der Waals surface area (Å²) in [7, 11) is 0. The maximum Gasteiger partial charge on any atom is 0.103 e. The first-order valence-corrected chi connectivity index (χ1v) is 6.86. The summed E-state index contributed by atoms with van der Waals surface area (Å²) in [5.74, 6) is 0. The first-order valence-electron chi connectivity index (χ1n) is 6.86. The molecule has 0 spiro atoms. The summed E-state index contributed by atoms with van der Waals surface area (Å²) in [6, 6.07) is 3.97. The zero-order valence-corrected chi connectivity index (χ0v) is 11.6. The molecule has 1 saturated heterocycles. The maximum absolute atomic E-state index is 10.8. The predicted molar refractivity (Wildman–Crippen MR) is 75.4 cm³/mol. The van der Waals surface area contributed by atoms with Crippen LogP contribution >= 0.6 is 0 Å². The molecule has 1 unspecified atom stereocenters. The second-order valence-electron chi connectivity index (χ2n) is 5.35. The largest absolute Gasteiger partial charge is 0.386 e. The number of rotatable bonds is 3. The molecule has 7 nitrogen and oxygen atoms in total. The number of pyridine rings is 1. The molecule has 2 aromatic heterocycles. The van der Waals surface area contributed by atoms with Crippen LogP contribution in [0.15, 0.2) is 30.9 Å². The molecule has 21 heavy (non-hydrogen) atoms. The highest BCUT2D eigenvalue weighted by Crippen LogP contribution is 2.28. The van der Waals surface area contributed by atoms with Gasteiger partial charge in [-0.1, -0.05) is 5.21 Å². The third-order valence-electron chi connectivity index (χ3n) is 3.74. The van der Waals surface area contributed by atoms with Crippen LogP contribution in [0.5, 0.6) is 0 Å². The molecule has 0 aromatic carbocycles. The van der Waals surface area contributed by atoms with Gasteiger partial charge < -0.3 is 10.0 Å². The first-order chi connectivity index (χ1) is 10.2. The van der Waals surface area contributed by atoms with E-state index in [1.54, 1.807) is 29.5 Å². The van der Waals surface area contributed by atoms with Crippen molar-refractivity contribution in [3.05, 3.63) is 36.4 Å². The van der Waals surface area contributed by atoms with Crippen molar-refractivity contribution in [2.45, 2.75) is 25.0 Å². The summed E-state index contributed by atoms with van der Waals surface area (Å²) < 4.78 is 1.64. The lowest BCUT2D eigenvalue weighted by Crippen LogP contribution is -2.51. The van der Waals surface area contributed by atoms with Crippen molar-refractivity contribution in [1.29, 1.82) is 5.26 Å². The van der Waals surface area contributed by atoms with Gasteiger partial charge in [0.2, 0.25) is 0 Å². The fourth-order valence-electron chi connectivity index (χ4n) is 2.81. The Kier molecular flexibility index (Phi) is 3.54. The van der Waals surface area contributed by atoms with E-state index in [0.717, 1.165) is 18.7 Å². The molecule has 1 fully saturated rings. The van der Waals surface area contributed by atoms with Crippen LogP contribution in [-0.2, 0) is 6.54 Å². The molecule has 3 heterocycles. The summed E-state index contributed by atoms with van der Waals surface area (Å²) >= 11 is 0. The van der Waals surface area contributed by atoms with Crippen LogP contribution in [0.2, 0.25) is 0 Å². The van der Waals surface area contributed by atoms with Gasteiger partial charge in [-0.3, -0.25) is 4.98 Å². The molecule has 2 aromatic rings. The monoisotopic (exact) mass is 284 g/mol. The molecule has 7 heteroatoms. The number of hydrogen-bond donors (Lipinski definition) is 1. The third-order valence-corrected chi connectivity index (χ3v) is 3.74. The highest BCUT2D eigenvalue weighted by atomic mass is 16.3. The quantitative estimate of drug-likeness (QED) is 0.886. The summed E-state index contributed by atoms with van der Waals surface area (Å²) in [6.07, 6.45) is 8.13. The molecule has 0 aliphatic carbocycles. The summed E-state index contributed by atoms with van der Waals surface area (Å²) in [6.45, 7) is 1.68. The van der Waals surface area contributed by atoms with Crippen LogP contribution in [0, 0.1) is 11.3 Å². The fraction of sp³-hybridized carbons (Fsp3) is 0.429. The first kappa shape index (κ1) is 13.5. The van der Waals surface area contributed by atoms with Crippen molar-refractivity contribution in [1.82, 2.24) is 20.0 Å².